The minimum atomic E-state index is -1.21. The first-order valence-electron chi connectivity index (χ1n) is 22.7. The van der Waals surface area contributed by atoms with Gasteiger partial charge in [0.25, 0.3) is 5.91 Å². The molecular formula is C53H59N11O3. The van der Waals surface area contributed by atoms with Crippen molar-refractivity contribution in [3.63, 3.8) is 0 Å². The molecule has 0 saturated carbocycles. The predicted octanol–water partition coefficient (Wildman–Crippen LogP) is 9.42. The fraction of sp³-hybridized carbons (Fsp3) is 0.245. The zero-order chi connectivity index (χ0) is 47.7. The molecule has 8 rings (SSSR count). The van der Waals surface area contributed by atoms with Crippen LogP contribution in [0.2, 0.25) is 0 Å². The van der Waals surface area contributed by atoms with Crippen LogP contribution in [0.3, 0.4) is 0 Å². The number of hydrogen-bond donors (Lipinski definition) is 5. The second-order valence-corrected chi connectivity index (χ2v) is 15.7. The Hall–Kier alpha value is -7.68. The lowest BCUT2D eigenvalue weighted by atomic mass is 10.00. The van der Waals surface area contributed by atoms with E-state index in [2.05, 4.69) is 62.8 Å². The minimum absolute atomic E-state index is 0.109. The Bertz CT molecular complexity index is 2890. The number of benzene rings is 4. The summed E-state index contributed by atoms with van der Waals surface area (Å²) in [6.07, 6.45) is 7.26. The molecule has 4 aromatic carbocycles. The number of aromatic nitrogens is 6. The third-order valence-electron chi connectivity index (χ3n) is 11.4. The number of hydrogen-bond acceptors (Lipinski definition) is 12. The van der Waals surface area contributed by atoms with Gasteiger partial charge in [0.1, 0.15) is 0 Å². The number of carboxylic acid groups (broad SMARTS) is 1. The number of carbonyl (C=O) groups is 2. The molecule has 4 heterocycles. The summed E-state index contributed by atoms with van der Waals surface area (Å²) in [5, 5.41) is 14.2. The van der Waals surface area contributed by atoms with Gasteiger partial charge < -0.3 is 32.5 Å². The number of nitrogens with two attached hydrogens (primary N) is 3. The number of likely N-dealkylation sites (N-methyl/N-ethyl adjacent to an activating group) is 1. The third-order valence-corrected chi connectivity index (χ3v) is 11.4. The van der Waals surface area contributed by atoms with Gasteiger partial charge >= 0.3 is 5.97 Å². The fourth-order valence-corrected chi connectivity index (χ4v) is 7.55. The van der Waals surface area contributed by atoms with Gasteiger partial charge in [-0.05, 0) is 68.4 Å². The van der Waals surface area contributed by atoms with E-state index in [0.29, 0.717) is 29.3 Å². The van der Waals surface area contributed by atoms with E-state index in [1.54, 1.807) is 12.4 Å². The maximum atomic E-state index is 12.9. The molecule has 0 aliphatic carbocycles. The van der Waals surface area contributed by atoms with E-state index in [1.807, 2.05) is 121 Å². The zero-order valence-electron chi connectivity index (χ0n) is 38.6. The van der Waals surface area contributed by atoms with E-state index in [1.165, 1.54) is 19.3 Å². The summed E-state index contributed by atoms with van der Waals surface area (Å²) >= 11 is 0. The first-order chi connectivity index (χ1) is 32.6. The van der Waals surface area contributed by atoms with E-state index in [0.717, 1.165) is 76.2 Å². The molecule has 1 amide bonds. The first kappa shape index (κ1) is 48.8. The molecule has 14 heteroatoms. The number of aromatic carboxylic acids is 1. The van der Waals surface area contributed by atoms with Gasteiger partial charge in [-0.2, -0.15) is 0 Å². The number of nitrogens with one attached hydrogen (secondary N) is 1. The van der Waals surface area contributed by atoms with Crippen molar-refractivity contribution in [1.29, 1.82) is 0 Å². The van der Waals surface area contributed by atoms with Crippen LogP contribution < -0.4 is 22.5 Å². The van der Waals surface area contributed by atoms with Crippen molar-refractivity contribution in [3.8, 4) is 45.0 Å². The number of nitrogens with zero attached hydrogens (tertiary/aromatic N) is 7. The van der Waals surface area contributed by atoms with Gasteiger partial charge in [-0.3, -0.25) is 14.8 Å². The van der Waals surface area contributed by atoms with Crippen LogP contribution >= 0.6 is 0 Å². The lowest BCUT2D eigenvalue weighted by Gasteiger charge is -2.18. The molecule has 67 heavy (non-hydrogen) atoms. The zero-order valence-corrected chi connectivity index (χ0v) is 38.6. The smallest absolute Gasteiger partial charge is 0.358 e. The maximum absolute atomic E-state index is 12.9. The number of nitrogen functional groups attached to an aromatic ring is 2. The highest BCUT2D eigenvalue weighted by atomic mass is 16.4. The van der Waals surface area contributed by atoms with Crippen LogP contribution in [0.1, 0.15) is 67.9 Å². The monoisotopic (exact) mass is 897 g/mol. The molecule has 0 bridgehead atoms. The lowest BCUT2D eigenvalue weighted by molar-refractivity contribution is 0.0691. The minimum Gasteiger partial charge on any atom is -0.476 e. The van der Waals surface area contributed by atoms with Crippen LogP contribution in [-0.2, 0) is 0 Å². The molecule has 0 spiro atoms. The maximum Gasteiger partial charge on any atom is 0.358 e. The molecule has 0 aliphatic heterocycles. The molecular weight excluding hydrogens is 839 g/mol. The van der Waals surface area contributed by atoms with Gasteiger partial charge in [-0.15, -0.1) is 0 Å². The summed E-state index contributed by atoms with van der Waals surface area (Å²) < 4.78 is 0. The van der Waals surface area contributed by atoms with Gasteiger partial charge in [0.05, 0.1) is 33.8 Å². The Morgan fingerprint density at radius 1 is 0.597 bits per heavy atom. The highest BCUT2D eigenvalue weighted by molar-refractivity contribution is 5.98. The Labute approximate surface area is 391 Å². The van der Waals surface area contributed by atoms with Crippen molar-refractivity contribution in [2.75, 3.05) is 44.2 Å². The number of carboxylic acids is 1. The van der Waals surface area contributed by atoms with Gasteiger partial charge in [0, 0.05) is 58.5 Å². The highest BCUT2D eigenvalue weighted by Gasteiger charge is 2.21. The fourth-order valence-electron chi connectivity index (χ4n) is 7.55. The average Bonchev–Trinajstić information content (AvgIpc) is 3.37. The molecule has 0 unspecified atom stereocenters. The summed E-state index contributed by atoms with van der Waals surface area (Å²) in [7, 11) is 0. The largest absolute Gasteiger partial charge is 0.476 e. The molecule has 0 fully saturated rings. The van der Waals surface area contributed by atoms with E-state index in [9.17, 15) is 14.7 Å². The van der Waals surface area contributed by atoms with E-state index in [4.69, 9.17) is 22.2 Å². The Balaban J connectivity index is 0.000000194. The van der Waals surface area contributed by atoms with Crippen molar-refractivity contribution >= 4 is 45.3 Å². The molecule has 344 valence electrons. The number of fused-ring (bicyclic) bond motifs is 2. The predicted molar refractivity (Wildman–Crippen MR) is 270 cm³/mol. The highest BCUT2D eigenvalue weighted by Crippen LogP contribution is 2.34. The molecule has 4 aromatic heterocycles. The summed E-state index contributed by atoms with van der Waals surface area (Å²) in [6, 6.07) is 38.4. The molecule has 0 aliphatic rings. The number of amides is 1. The van der Waals surface area contributed by atoms with Crippen molar-refractivity contribution in [3.05, 3.63) is 145 Å². The normalized spacial score (nSPS) is 10.9. The van der Waals surface area contributed by atoms with Crippen molar-refractivity contribution in [2.45, 2.75) is 47.0 Å². The Morgan fingerprint density at radius 3 is 1.49 bits per heavy atom. The molecule has 8 aromatic rings. The van der Waals surface area contributed by atoms with Crippen LogP contribution in [0, 0.1) is 5.92 Å². The summed E-state index contributed by atoms with van der Waals surface area (Å²) in [4.78, 5) is 53.4. The third kappa shape index (κ3) is 12.6. The van der Waals surface area contributed by atoms with Gasteiger partial charge in [0.15, 0.2) is 23.0 Å². The quantitative estimate of drug-likeness (QED) is 0.0647. The number of anilines is 2. The standard InChI is InChI=1S/C26H28N6O.C20H14N4O2.C7H17N/c1-3-32(4-2)16-15-29-26(33)24-25(27)31-22(18-9-6-5-7-10-18)23(30-24)20-12-13-21-19(17-20)11-8-14-28-21;21-19-18(20(25)26)23-17(16(24-19)12-5-2-1-3-6-12)14-8-9-15-13(11-14)7-4-10-22-15;1-3-7(4-2)5-6-8/h5-14,17H,3-4,15-16H2,1-2H3,(H2,27,31)(H,29,33);1-11H,(H2,21,24)(H,25,26);7H,3-6,8H2,1-2H3. The van der Waals surface area contributed by atoms with Crippen LogP contribution in [-0.4, -0.2) is 84.5 Å². The van der Waals surface area contributed by atoms with Crippen molar-refractivity contribution in [1.82, 2.24) is 40.1 Å². The molecule has 8 N–H and O–H groups in total. The first-order valence-corrected chi connectivity index (χ1v) is 22.7. The second kappa shape index (κ2) is 24.0. The van der Waals surface area contributed by atoms with E-state index < -0.39 is 5.97 Å². The van der Waals surface area contributed by atoms with Crippen LogP contribution in [0.15, 0.2) is 134 Å². The van der Waals surface area contributed by atoms with Crippen molar-refractivity contribution in [2.24, 2.45) is 11.7 Å². The lowest BCUT2D eigenvalue weighted by Crippen LogP contribution is -2.35. The van der Waals surface area contributed by atoms with Crippen LogP contribution in [0.25, 0.3) is 66.8 Å². The van der Waals surface area contributed by atoms with Crippen LogP contribution in [0.5, 0.6) is 0 Å². The summed E-state index contributed by atoms with van der Waals surface area (Å²) in [5.41, 5.74) is 24.6. The number of carbonyl (C=O) groups excluding carboxylic acids is 1. The van der Waals surface area contributed by atoms with Crippen LogP contribution in [0.4, 0.5) is 11.6 Å². The molecule has 14 nitrogen and oxygen atoms in total. The van der Waals surface area contributed by atoms with Gasteiger partial charge in [-0.25, -0.2) is 24.7 Å². The van der Waals surface area contributed by atoms with Gasteiger partial charge in [0.2, 0.25) is 0 Å². The SMILES string of the molecule is CCC(CC)CCN.CCN(CC)CCNC(=O)c1nc(-c2ccc3ncccc3c2)c(-c2ccccc2)nc1N.Nc1nc(-c2ccccc2)c(-c2ccc3ncccc3c2)nc1C(=O)O. The molecule has 0 radical (unpaired) electrons. The molecule has 0 saturated heterocycles. The van der Waals surface area contributed by atoms with Crippen molar-refractivity contribution < 1.29 is 14.7 Å². The number of rotatable bonds is 15. The average molecular weight is 898 g/mol. The second-order valence-electron chi connectivity index (χ2n) is 15.7. The van der Waals surface area contributed by atoms with E-state index in [-0.39, 0.29) is 28.9 Å². The Kier molecular flexibility index (Phi) is 17.5. The van der Waals surface area contributed by atoms with Gasteiger partial charge in [-0.1, -0.05) is 125 Å². The summed E-state index contributed by atoms with van der Waals surface area (Å²) in [5.74, 6) is -0.656. The van der Waals surface area contributed by atoms with E-state index >= 15 is 0 Å². The topological polar surface area (TPSA) is 225 Å². The molecule has 0 atom stereocenters. The Morgan fingerprint density at radius 2 is 1.06 bits per heavy atom. The number of pyridine rings is 2. The summed E-state index contributed by atoms with van der Waals surface area (Å²) in [6.45, 7) is 12.6.